The molecule has 1 unspecified atom stereocenters. The van der Waals surface area contributed by atoms with Crippen molar-refractivity contribution in [1.82, 2.24) is 4.90 Å². The van der Waals surface area contributed by atoms with Crippen molar-refractivity contribution in [3.05, 3.63) is 47.5 Å². The molecule has 1 aromatic carbocycles. The molecule has 4 nitrogen and oxygen atoms in total. The van der Waals surface area contributed by atoms with Gasteiger partial charge in [-0.05, 0) is 11.5 Å². The quantitative estimate of drug-likeness (QED) is 0.873. The number of fused-ring (bicyclic) bond motifs is 2. The Hall–Kier alpha value is -1.94. The van der Waals surface area contributed by atoms with Crippen molar-refractivity contribution < 1.29 is 9.59 Å². The van der Waals surface area contributed by atoms with E-state index in [4.69, 9.17) is 5.73 Å². The number of carbonyl (C=O) groups is 2. The number of carbonyl (C=O) groups excluding carboxylic acids is 2. The van der Waals surface area contributed by atoms with E-state index < -0.39 is 11.9 Å². The third-order valence-electron chi connectivity index (χ3n) is 3.83. The lowest BCUT2D eigenvalue weighted by atomic mass is 9.79. The summed E-state index contributed by atoms with van der Waals surface area (Å²) in [5.74, 6) is -0.229. The van der Waals surface area contributed by atoms with Crippen molar-refractivity contribution in [2.75, 3.05) is 6.54 Å². The molecule has 4 heteroatoms. The Morgan fingerprint density at radius 3 is 2.68 bits per heavy atom. The van der Waals surface area contributed by atoms with Crippen LogP contribution in [0.15, 0.2) is 42.0 Å². The molecule has 2 atom stereocenters. The van der Waals surface area contributed by atoms with E-state index in [1.54, 1.807) is 0 Å². The first-order valence-electron chi connectivity index (χ1n) is 6.47. The SMILES string of the molecule is NC(=O)C1=CC2CC(=O)[C@H]1N(Cc1ccccc1)C2. The maximum Gasteiger partial charge on any atom is 0.246 e. The van der Waals surface area contributed by atoms with Gasteiger partial charge in [-0.2, -0.15) is 0 Å². The molecule has 1 amide bonds. The van der Waals surface area contributed by atoms with Crippen molar-refractivity contribution in [2.45, 2.75) is 19.0 Å². The van der Waals surface area contributed by atoms with Crippen LogP contribution in [-0.4, -0.2) is 29.2 Å². The zero-order valence-electron chi connectivity index (χ0n) is 10.6. The zero-order chi connectivity index (χ0) is 13.4. The molecule has 2 N–H and O–H groups in total. The highest BCUT2D eigenvalue weighted by molar-refractivity contribution is 6.04. The number of piperidine rings is 1. The average molecular weight is 256 g/mol. The van der Waals surface area contributed by atoms with Gasteiger partial charge in [-0.15, -0.1) is 0 Å². The average Bonchev–Trinajstić information content (AvgIpc) is 2.39. The first-order chi connectivity index (χ1) is 9.15. The summed E-state index contributed by atoms with van der Waals surface area (Å²) in [5.41, 5.74) is 7.01. The number of ketones is 1. The van der Waals surface area contributed by atoms with Gasteiger partial charge in [0, 0.05) is 25.1 Å². The molecule has 19 heavy (non-hydrogen) atoms. The molecule has 0 radical (unpaired) electrons. The first kappa shape index (κ1) is 12.1. The number of hydrogen-bond donors (Lipinski definition) is 1. The Morgan fingerprint density at radius 2 is 2.05 bits per heavy atom. The van der Waals surface area contributed by atoms with Gasteiger partial charge in [0.15, 0.2) is 5.78 Å². The molecule has 4 rings (SSSR count). The Kier molecular flexibility index (Phi) is 2.95. The lowest BCUT2D eigenvalue weighted by molar-refractivity contribution is -0.130. The number of amides is 1. The first-order valence-corrected chi connectivity index (χ1v) is 6.47. The summed E-state index contributed by atoms with van der Waals surface area (Å²) in [6.07, 6.45) is 2.42. The van der Waals surface area contributed by atoms with E-state index in [9.17, 15) is 9.59 Å². The summed E-state index contributed by atoms with van der Waals surface area (Å²) in [6.45, 7) is 1.50. The molecule has 1 saturated heterocycles. The second kappa shape index (κ2) is 4.63. The maximum atomic E-state index is 12.1. The predicted molar refractivity (Wildman–Crippen MR) is 71.0 cm³/mol. The van der Waals surface area contributed by atoms with Crippen LogP contribution in [0, 0.1) is 5.92 Å². The molecule has 0 spiro atoms. The molecule has 0 saturated carbocycles. The third kappa shape index (κ3) is 2.19. The predicted octanol–water partition coefficient (Wildman–Crippen LogP) is 0.871. The second-order valence-electron chi connectivity index (χ2n) is 5.23. The molecule has 2 aliphatic heterocycles. The number of Topliss-reactive ketones (excluding diaryl/α,β-unsaturated/α-hetero) is 1. The minimum atomic E-state index is -0.471. The van der Waals surface area contributed by atoms with E-state index in [1.165, 1.54) is 0 Å². The van der Waals surface area contributed by atoms with Crippen LogP contribution in [0.1, 0.15) is 12.0 Å². The highest BCUT2D eigenvalue weighted by atomic mass is 16.1. The van der Waals surface area contributed by atoms with Crippen LogP contribution in [0.4, 0.5) is 0 Å². The summed E-state index contributed by atoms with van der Waals surface area (Å²) in [5, 5.41) is 0. The summed E-state index contributed by atoms with van der Waals surface area (Å²) >= 11 is 0. The van der Waals surface area contributed by atoms with Gasteiger partial charge in [-0.3, -0.25) is 14.5 Å². The van der Waals surface area contributed by atoms with Gasteiger partial charge in [-0.1, -0.05) is 36.4 Å². The monoisotopic (exact) mass is 256 g/mol. The summed E-state index contributed by atoms with van der Waals surface area (Å²) in [7, 11) is 0. The van der Waals surface area contributed by atoms with Gasteiger partial charge >= 0.3 is 0 Å². The number of nitrogens with two attached hydrogens (primary N) is 1. The molecule has 1 fully saturated rings. The molecule has 3 aliphatic rings. The molecule has 98 valence electrons. The smallest absolute Gasteiger partial charge is 0.246 e. The van der Waals surface area contributed by atoms with Crippen LogP contribution in [0.5, 0.6) is 0 Å². The molecular weight excluding hydrogens is 240 g/mol. The zero-order valence-corrected chi connectivity index (χ0v) is 10.6. The molecule has 2 bridgehead atoms. The lowest BCUT2D eigenvalue weighted by Gasteiger charge is -2.42. The van der Waals surface area contributed by atoms with Crippen molar-refractivity contribution >= 4 is 11.7 Å². The van der Waals surface area contributed by atoms with E-state index >= 15 is 0 Å². The van der Waals surface area contributed by atoms with Gasteiger partial charge in [0.2, 0.25) is 5.91 Å². The van der Waals surface area contributed by atoms with Crippen LogP contribution in [-0.2, 0) is 16.1 Å². The fourth-order valence-corrected chi connectivity index (χ4v) is 3.06. The standard InChI is InChI=1S/C15H16N2O2/c16-15(19)12-6-11-7-13(18)14(12)17(9-11)8-10-4-2-1-3-5-10/h1-6,11,14H,7-9H2,(H2,16,19)/t11?,14-/m0/s1. The van der Waals surface area contributed by atoms with Gasteiger partial charge in [-0.25, -0.2) is 0 Å². The summed E-state index contributed by atoms with van der Waals surface area (Å²) in [6, 6.07) is 9.53. The van der Waals surface area contributed by atoms with Gasteiger partial charge in [0.05, 0.1) is 6.04 Å². The van der Waals surface area contributed by atoms with E-state index in [0.717, 1.165) is 12.1 Å². The van der Waals surface area contributed by atoms with E-state index in [2.05, 4.69) is 4.90 Å². The fourth-order valence-electron chi connectivity index (χ4n) is 3.06. The molecule has 1 aromatic rings. The number of hydrogen-bond acceptors (Lipinski definition) is 3. The summed E-state index contributed by atoms with van der Waals surface area (Å²) in [4.78, 5) is 25.6. The number of primary amides is 1. The lowest BCUT2D eigenvalue weighted by Crippen LogP contribution is -2.54. The van der Waals surface area contributed by atoms with Crippen molar-refractivity contribution in [3.8, 4) is 0 Å². The van der Waals surface area contributed by atoms with Crippen LogP contribution < -0.4 is 5.73 Å². The van der Waals surface area contributed by atoms with Crippen LogP contribution in [0.2, 0.25) is 0 Å². The highest BCUT2D eigenvalue weighted by Gasteiger charge is 2.42. The Balaban J connectivity index is 1.87. The number of benzene rings is 1. The Bertz CT molecular complexity index is 551. The minimum Gasteiger partial charge on any atom is -0.366 e. The number of nitrogens with zero attached hydrogens (tertiary/aromatic N) is 1. The normalized spacial score (nSPS) is 26.3. The number of rotatable bonds is 3. The second-order valence-corrected chi connectivity index (χ2v) is 5.23. The van der Waals surface area contributed by atoms with Crippen LogP contribution >= 0.6 is 0 Å². The Morgan fingerprint density at radius 1 is 1.32 bits per heavy atom. The molecule has 2 heterocycles. The topological polar surface area (TPSA) is 63.4 Å². The summed E-state index contributed by atoms with van der Waals surface area (Å²) < 4.78 is 0. The maximum absolute atomic E-state index is 12.1. The third-order valence-corrected chi connectivity index (χ3v) is 3.83. The van der Waals surface area contributed by atoms with E-state index in [-0.39, 0.29) is 11.7 Å². The van der Waals surface area contributed by atoms with Crippen molar-refractivity contribution in [2.24, 2.45) is 11.7 Å². The van der Waals surface area contributed by atoms with E-state index in [0.29, 0.717) is 18.5 Å². The molecule has 0 aromatic heterocycles. The van der Waals surface area contributed by atoms with Crippen molar-refractivity contribution in [3.63, 3.8) is 0 Å². The van der Waals surface area contributed by atoms with Gasteiger partial charge in [0.1, 0.15) is 0 Å². The van der Waals surface area contributed by atoms with Crippen molar-refractivity contribution in [1.29, 1.82) is 0 Å². The van der Waals surface area contributed by atoms with Gasteiger partial charge < -0.3 is 5.73 Å². The minimum absolute atomic E-state index is 0.114. The molecular formula is C15H16N2O2. The Labute approximate surface area is 111 Å². The van der Waals surface area contributed by atoms with E-state index in [1.807, 2.05) is 36.4 Å². The van der Waals surface area contributed by atoms with Crippen LogP contribution in [0.3, 0.4) is 0 Å². The van der Waals surface area contributed by atoms with Crippen LogP contribution in [0.25, 0.3) is 0 Å². The largest absolute Gasteiger partial charge is 0.366 e. The highest BCUT2D eigenvalue weighted by Crippen LogP contribution is 2.32. The molecule has 1 aliphatic carbocycles. The van der Waals surface area contributed by atoms with Gasteiger partial charge in [0.25, 0.3) is 0 Å². The fraction of sp³-hybridized carbons (Fsp3) is 0.333.